The van der Waals surface area contributed by atoms with Gasteiger partial charge in [0.1, 0.15) is 5.82 Å². The van der Waals surface area contributed by atoms with Crippen LogP contribution in [0.25, 0.3) is 11.0 Å². The number of likely N-dealkylation sites (tertiary alicyclic amines) is 1. The van der Waals surface area contributed by atoms with Crippen LogP contribution >= 0.6 is 24.0 Å². The number of guanidine groups is 1. The number of hydrogen-bond donors (Lipinski definition) is 3. The lowest BCUT2D eigenvalue weighted by Gasteiger charge is -2.19. The number of hydrogen-bond acceptors (Lipinski definition) is 3. The Morgan fingerprint density at radius 1 is 1.37 bits per heavy atom. The van der Waals surface area contributed by atoms with Gasteiger partial charge < -0.3 is 15.6 Å². The molecule has 27 heavy (non-hydrogen) atoms. The van der Waals surface area contributed by atoms with Gasteiger partial charge in [-0.25, -0.2) is 4.98 Å². The van der Waals surface area contributed by atoms with Crippen molar-refractivity contribution >= 4 is 41.0 Å². The summed E-state index contributed by atoms with van der Waals surface area (Å²) in [5, 5.41) is 6.38. The lowest BCUT2D eigenvalue weighted by atomic mass is 10.3. The van der Waals surface area contributed by atoms with Crippen molar-refractivity contribution in [3.8, 4) is 0 Å². The molecule has 0 radical (unpaired) electrons. The minimum atomic E-state index is -4.15. The topological polar surface area (TPSA) is 68.3 Å². The van der Waals surface area contributed by atoms with Crippen LogP contribution in [0.5, 0.6) is 0 Å². The number of benzene rings is 1. The molecule has 150 valence electrons. The van der Waals surface area contributed by atoms with E-state index in [-0.39, 0.29) is 30.0 Å². The summed E-state index contributed by atoms with van der Waals surface area (Å²) < 4.78 is 37.4. The van der Waals surface area contributed by atoms with Gasteiger partial charge in [0.05, 0.1) is 17.6 Å². The SMILES string of the molecule is CN=C(NCCc1nc2ccccc2[nH]1)NC1CCN(CC(F)(F)F)C1.I. The Hall–Kier alpha value is -1.56. The van der Waals surface area contributed by atoms with Crippen molar-refractivity contribution in [3.63, 3.8) is 0 Å². The highest BCUT2D eigenvalue weighted by Crippen LogP contribution is 2.19. The quantitative estimate of drug-likeness (QED) is 0.338. The maximum Gasteiger partial charge on any atom is 0.401 e. The van der Waals surface area contributed by atoms with Gasteiger partial charge in [0, 0.05) is 39.1 Å². The number of H-pyrrole nitrogens is 1. The van der Waals surface area contributed by atoms with Crippen molar-refractivity contribution in [2.45, 2.75) is 25.1 Å². The van der Waals surface area contributed by atoms with E-state index in [0.29, 0.717) is 38.4 Å². The lowest BCUT2D eigenvalue weighted by Crippen LogP contribution is -2.45. The van der Waals surface area contributed by atoms with E-state index < -0.39 is 12.7 Å². The third kappa shape index (κ3) is 6.52. The fourth-order valence-electron chi connectivity index (χ4n) is 3.16. The van der Waals surface area contributed by atoms with Gasteiger partial charge in [-0.3, -0.25) is 9.89 Å². The highest BCUT2D eigenvalue weighted by Gasteiger charge is 2.34. The minimum absolute atomic E-state index is 0. The summed E-state index contributed by atoms with van der Waals surface area (Å²) in [5.74, 6) is 1.48. The first kappa shape index (κ1) is 21.7. The van der Waals surface area contributed by atoms with Crippen LogP contribution in [-0.4, -0.2) is 66.3 Å². The van der Waals surface area contributed by atoms with E-state index in [1.54, 1.807) is 7.05 Å². The van der Waals surface area contributed by atoms with E-state index in [0.717, 1.165) is 16.9 Å². The second-order valence-electron chi connectivity index (χ2n) is 6.43. The number of rotatable bonds is 5. The Balaban J connectivity index is 0.00000261. The highest BCUT2D eigenvalue weighted by atomic mass is 127. The Kier molecular flexibility index (Phi) is 7.71. The summed E-state index contributed by atoms with van der Waals surface area (Å²) in [6.07, 6.45) is -2.79. The first-order chi connectivity index (χ1) is 12.4. The number of aliphatic imine (C=N–C) groups is 1. The van der Waals surface area contributed by atoms with Crippen LogP contribution < -0.4 is 10.6 Å². The molecule has 10 heteroatoms. The molecule has 0 amide bonds. The molecule has 0 bridgehead atoms. The predicted molar refractivity (Wildman–Crippen MR) is 111 cm³/mol. The number of alkyl halides is 3. The number of aromatic amines is 1. The second kappa shape index (κ2) is 9.58. The molecule has 1 aliphatic heterocycles. The van der Waals surface area contributed by atoms with Crippen LogP contribution in [0.2, 0.25) is 0 Å². The monoisotopic (exact) mass is 496 g/mol. The zero-order chi connectivity index (χ0) is 18.6. The maximum atomic E-state index is 12.5. The molecule has 6 nitrogen and oxygen atoms in total. The summed E-state index contributed by atoms with van der Waals surface area (Å²) >= 11 is 0. The van der Waals surface area contributed by atoms with Gasteiger partial charge in [-0.05, 0) is 18.6 Å². The number of imidazole rings is 1. The van der Waals surface area contributed by atoms with Crippen molar-refractivity contribution in [1.82, 2.24) is 25.5 Å². The molecule has 1 aromatic heterocycles. The third-order valence-corrected chi connectivity index (χ3v) is 4.33. The smallest absolute Gasteiger partial charge is 0.356 e. The first-order valence-corrected chi connectivity index (χ1v) is 8.63. The average Bonchev–Trinajstić information content (AvgIpc) is 3.18. The summed E-state index contributed by atoms with van der Waals surface area (Å²) in [6.45, 7) is 0.568. The Bertz CT molecular complexity index is 727. The molecule has 1 atom stereocenters. The third-order valence-electron chi connectivity index (χ3n) is 4.33. The normalized spacial score (nSPS) is 18.5. The van der Waals surface area contributed by atoms with E-state index in [1.807, 2.05) is 24.3 Å². The van der Waals surface area contributed by atoms with Crippen LogP contribution in [-0.2, 0) is 6.42 Å². The van der Waals surface area contributed by atoms with Gasteiger partial charge in [0.2, 0.25) is 0 Å². The molecule has 1 aliphatic rings. The van der Waals surface area contributed by atoms with E-state index in [4.69, 9.17) is 0 Å². The van der Waals surface area contributed by atoms with Gasteiger partial charge in [-0.2, -0.15) is 13.2 Å². The molecule has 1 aromatic carbocycles. The summed E-state index contributed by atoms with van der Waals surface area (Å²) in [4.78, 5) is 13.3. The van der Waals surface area contributed by atoms with Crippen molar-refractivity contribution in [1.29, 1.82) is 0 Å². The highest BCUT2D eigenvalue weighted by molar-refractivity contribution is 14.0. The molecule has 2 heterocycles. The number of fused-ring (bicyclic) bond motifs is 1. The predicted octanol–water partition coefficient (Wildman–Crippen LogP) is 2.53. The van der Waals surface area contributed by atoms with Crippen molar-refractivity contribution in [2.75, 3.05) is 33.2 Å². The lowest BCUT2D eigenvalue weighted by molar-refractivity contribution is -0.143. The van der Waals surface area contributed by atoms with Gasteiger partial charge in [0.25, 0.3) is 0 Å². The fraction of sp³-hybridized carbons (Fsp3) is 0.529. The molecular formula is C17H24F3IN6. The number of nitrogens with zero attached hydrogens (tertiary/aromatic N) is 3. The molecule has 0 saturated carbocycles. The number of halogens is 4. The molecule has 3 rings (SSSR count). The number of aromatic nitrogens is 2. The minimum Gasteiger partial charge on any atom is -0.356 e. The summed E-state index contributed by atoms with van der Waals surface area (Å²) in [6, 6.07) is 7.80. The van der Waals surface area contributed by atoms with Crippen molar-refractivity contribution in [2.24, 2.45) is 4.99 Å². The van der Waals surface area contributed by atoms with E-state index in [2.05, 4.69) is 25.6 Å². The molecule has 2 aromatic rings. The molecule has 0 aliphatic carbocycles. The zero-order valence-electron chi connectivity index (χ0n) is 15.0. The molecule has 1 fully saturated rings. The van der Waals surface area contributed by atoms with Gasteiger partial charge in [-0.1, -0.05) is 12.1 Å². The molecule has 0 spiro atoms. The van der Waals surface area contributed by atoms with E-state index >= 15 is 0 Å². The standard InChI is InChI=1S/C17H23F3N6.HI/c1-21-16(23-12-7-9-26(10-12)11-17(18,19)20)22-8-6-15-24-13-4-2-3-5-14(13)25-15;/h2-5,12H,6-11H2,1H3,(H,24,25)(H2,21,22,23);1H. The maximum absolute atomic E-state index is 12.5. The molecule has 3 N–H and O–H groups in total. The van der Waals surface area contributed by atoms with Gasteiger partial charge >= 0.3 is 6.18 Å². The van der Waals surface area contributed by atoms with Crippen LogP contribution in [0.4, 0.5) is 13.2 Å². The van der Waals surface area contributed by atoms with Gasteiger partial charge in [0.15, 0.2) is 5.96 Å². The first-order valence-electron chi connectivity index (χ1n) is 8.63. The Morgan fingerprint density at radius 2 is 2.15 bits per heavy atom. The Morgan fingerprint density at radius 3 is 2.85 bits per heavy atom. The van der Waals surface area contributed by atoms with Crippen molar-refractivity contribution in [3.05, 3.63) is 30.1 Å². The van der Waals surface area contributed by atoms with Gasteiger partial charge in [-0.15, -0.1) is 24.0 Å². The van der Waals surface area contributed by atoms with Crippen LogP contribution in [0.15, 0.2) is 29.3 Å². The molecular weight excluding hydrogens is 472 g/mol. The zero-order valence-corrected chi connectivity index (χ0v) is 17.3. The number of nitrogens with one attached hydrogen (secondary N) is 3. The van der Waals surface area contributed by atoms with Crippen LogP contribution in [0, 0.1) is 0 Å². The largest absolute Gasteiger partial charge is 0.401 e. The van der Waals surface area contributed by atoms with E-state index in [9.17, 15) is 13.2 Å². The fourth-order valence-corrected chi connectivity index (χ4v) is 3.16. The Labute approximate surface area is 173 Å². The molecule has 1 unspecified atom stereocenters. The van der Waals surface area contributed by atoms with E-state index in [1.165, 1.54) is 4.90 Å². The number of para-hydroxylation sites is 2. The second-order valence-corrected chi connectivity index (χ2v) is 6.43. The summed E-state index contributed by atoms with van der Waals surface area (Å²) in [7, 11) is 1.65. The molecule has 1 saturated heterocycles. The average molecular weight is 496 g/mol. The van der Waals surface area contributed by atoms with Crippen molar-refractivity contribution < 1.29 is 13.2 Å². The summed E-state index contributed by atoms with van der Waals surface area (Å²) in [5.41, 5.74) is 1.93. The van der Waals surface area contributed by atoms with Crippen LogP contribution in [0.3, 0.4) is 0 Å². The van der Waals surface area contributed by atoms with Crippen LogP contribution in [0.1, 0.15) is 12.2 Å².